The minimum Gasteiger partial charge on any atom is -0.493 e. The number of nitrogens with one attached hydrogen (secondary N) is 1. The number of hydrogen-bond acceptors (Lipinski definition) is 4. The maximum absolute atomic E-state index is 6.15. The second kappa shape index (κ2) is 5.25. The number of methoxy groups -OCH3 is 1. The Kier molecular flexibility index (Phi) is 3.44. The summed E-state index contributed by atoms with van der Waals surface area (Å²) in [6, 6.07) is 3.56. The number of ether oxygens (including phenoxy) is 2. The summed E-state index contributed by atoms with van der Waals surface area (Å²) in [5.41, 5.74) is 7.47. The molecule has 0 spiro atoms. The molecule has 1 aromatic heterocycles. The fourth-order valence-corrected chi connectivity index (χ4v) is 2.42. The summed E-state index contributed by atoms with van der Waals surface area (Å²) < 4.78 is 11.4. The number of anilines is 1. The average Bonchev–Trinajstić information content (AvgIpc) is 2.80. The third kappa shape index (κ3) is 2.29. The zero-order valence-corrected chi connectivity index (χ0v) is 11.9. The van der Waals surface area contributed by atoms with E-state index in [2.05, 4.69) is 10.2 Å². The van der Waals surface area contributed by atoms with Crippen LogP contribution in [0.5, 0.6) is 11.5 Å². The first-order chi connectivity index (χ1) is 9.69. The zero-order valence-electron chi connectivity index (χ0n) is 11.1. The highest BCUT2D eigenvalue weighted by molar-refractivity contribution is 6.31. The van der Waals surface area contributed by atoms with E-state index in [9.17, 15) is 0 Å². The van der Waals surface area contributed by atoms with Gasteiger partial charge in [-0.3, -0.25) is 5.10 Å². The van der Waals surface area contributed by atoms with Gasteiger partial charge in [0.1, 0.15) is 5.82 Å². The molecule has 3 N–H and O–H groups in total. The summed E-state index contributed by atoms with van der Waals surface area (Å²) in [6.07, 6.45) is 5.22. The van der Waals surface area contributed by atoms with Crippen LogP contribution in [0.25, 0.3) is 11.1 Å². The number of nitrogens with two attached hydrogens (primary N) is 1. The van der Waals surface area contributed by atoms with Crippen molar-refractivity contribution in [2.75, 3.05) is 12.8 Å². The van der Waals surface area contributed by atoms with Crippen LogP contribution in [0.2, 0.25) is 5.02 Å². The molecule has 0 unspecified atom stereocenters. The Bertz CT molecular complexity index is 623. The van der Waals surface area contributed by atoms with Gasteiger partial charge in [0.25, 0.3) is 0 Å². The molecule has 0 bridgehead atoms. The van der Waals surface area contributed by atoms with Crippen molar-refractivity contribution in [1.82, 2.24) is 10.2 Å². The van der Waals surface area contributed by atoms with Crippen molar-refractivity contribution in [2.24, 2.45) is 0 Å². The number of halogens is 1. The van der Waals surface area contributed by atoms with Crippen LogP contribution >= 0.6 is 11.6 Å². The molecular formula is C14H16ClN3O2. The molecule has 2 aromatic rings. The molecule has 3 rings (SSSR count). The summed E-state index contributed by atoms with van der Waals surface area (Å²) in [5, 5.41) is 7.24. The van der Waals surface area contributed by atoms with Gasteiger partial charge in [0.15, 0.2) is 11.5 Å². The minimum atomic E-state index is 0.233. The van der Waals surface area contributed by atoms with Gasteiger partial charge in [-0.1, -0.05) is 11.6 Å². The van der Waals surface area contributed by atoms with Crippen LogP contribution < -0.4 is 15.2 Å². The second-order valence-electron chi connectivity index (χ2n) is 4.85. The number of nitrogens with zero attached hydrogens (tertiary/aromatic N) is 1. The van der Waals surface area contributed by atoms with Crippen molar-refractivity contribution >= 4 is 17.4 Å². The fraction of sp³-hybridized carbons (Fsp3) is 0.357. The van der Waals surface area contributed by atoms with Crippen LogP contribution in [0.15, 0.2) is 18.3 Å². The first-order valence-corrected chi connectivity index (χ1v) is 6.90. The lowest BCUT2D eigenvalue weighted by Crippen LogP contribution is -2.25. The Balaban J connectivity index is 2.10. The van der Waals surface area contributed by atoms with Crippen molar-refractivity contribution < 1.29 is 9.47 Å². The van der Waals surface area contributed by atoms with Crippen LogP contribution in [0, 0.1) is 0 Å². The first kappa shape index (κ1) is 13.1. The minimum absolute atomic E-state index is 0.233. The highest BCUT2D eigenvalue weighted by Crippen LogP contribution is 2.44. The lowest BCUT2D eigenvalue weighted by molar-refractivity contribution is 0.117. The van der Waals surface area contributed by atoms with E-state index in [0.717, 1.165) is 24.0 Å². The first-order valence-electron chi connectivity index (χ1n) is 6.52. The Hall–Kier alpha value is -1.88. The van der Waals surface area contributed by atoms with E-state index in [4.69, 9.17) is 26.8 Å². The number of aromatic nitrogens is 2. The number of H-pyrrole nitrogens is 1. The second-order valence-corrected chi connectivity index (χ2v) is 5.29. The largest absolute Gasteiger partial charge is 0.493 e. The summed E-state index contributed by atoms with van der Waals surface area (Å²) >= 11 is 6.15. The van der Waals surface area contributed by atoms with Crippen LogP contribution in [0.3, 0.4) is 0 Å². The highest BCUT2D eigenvalue weighted by Gasteiger charge is 2.24. The van der Waals surface area contributed by atoms with Crippen LogP contribution in [0.4, 0.5) is 5.82 Å². The van der Waals surface area contributed by atoms with Gasteiger partial charge < -0.3 is 15.2 Å². The molecule has 0 aliphatic heterocycles. The molecule has 1 aliphatic carbocycles. The van der Waals surface area contributed by atoms with Gasteiger partial charge in [0, 0.05) is 22.2 Å². The van der Waals surface area contributed by atoms with Gasteiger partial charge in [-0.05, 0) is 25.3 Å². The average molecular weight is 294 g/mol. The Morgan fingerprint density at radius 3 is 2.70 bits per heavy atom. The van der Waals surface area contributed by atoms with Crippen LogP contribution in [-0.2, 0) is 0 Å². The Labute approximate surface area is 122 Å². The Morgan fingerprint density at radius 2 is 2.15 bits per heavy atom. The van der Waals surface area contributed by atoms with Crippen molar-refractivity contribution in [1.29, 1.82) is 0 Å². The third-order valence-electron chi connectivity index (χ3n) is 3.54. The molecule has 0 radical (unpaired) electrons. The maximum Gasteiger partial charge on any atom is 0.169 e. The van der Waals surface area contributed by atoms with E-state index in [0.29, 0.717) is 22.3 Å². The fourth-order valence-electron chi connectivity index (χ4n) is 2.21. The lowest BCUT2D eigenvalue weighted by Gasteiger charge is -2.28. The molecule has 0 amide bonds. The Morgan fingerprint density at radius 1 is 1.35 bits per heavy atom. The molecule has 5 nitrogen and oxygen atoms in total. The van der Waals surface area contributed by atoms with Gasteiger partial charge in [0.2, 0.25) is 0 Å². The summed E-state index contributed by atoms with van der Waals surface area (Å²) in [6.45, 7) is 0. The molecular weight excluding hydrogens is 278 g/mol. The van der Waals surface area contributed by atoms with E-state index in [-0.39, 0.29) is 6.10 Å². The van der Waals surface area contributed by atoms with Gasteiger partial charge in [-0.15, -0.1) is 0 Å². The van der Waals surface area contributed by atoms with Crippen molar-refractivity contribution in [2.45, 2.75) is 25.4 Å². The number of nitrogen functional groups attached to an aromatic ring is 1. The quantitative estimate of drug-likeness (QED) is 0.907. The van der Waals surface area contributed by atoms with E-state index in [1.165, 1.54) is 6.42 Å². The van der Waals surface area contributed by atoms with Crippen LogP contribution in [-0.4, -0.2) is 23.4 Å². The molecule has 1 aromatic carbocycles. The van der Waals surface area contributed by atoms with E-state index in [1.54, 1.807) is 19.4 Å². The maximum atomic E-state index is 6.15. The zero-order chi connectivity index (χ0) is 14.1. The van der Waals surface area contributed by atoms with Crippen molar-refractivity contribution in [3.8, 4) is 22.6 Å². The predicted octanol–water partition coefficient (Wildman–Crippen LogP) is 3.25. The molecule has 6 heteroatoms. The molecule has 0 atom stereocenters. The predicted molar refractivity (Wildman–Crippen MR) is 78.3 cm³/mol. The van der Waals surface area contributed by atoms with Gasteiger partial charge >= 0.3 is 0 Å². The van der Waals surface area contributed by atoms with Crippen molar-refractivity contribution in [3.63, 3.8) is 0 Å². The van der Waals surface area contributed by atoms with Crippen LogP contribution in [0.1, 0.15) is 19.3 Å². The molecule has 20 heavy (non-hydrogen) atoms. The smallest absolute Gasteiger partial charge is 0.169 e. The van der Waals surface area contributed by atoms with Gasteiger partial charge in [-0.25, -0.2) is 0 Å². The SMILES string of the molecule is COc1cc(Cl)cc(-c2cn[nH]c2N)c1OC1CCC1. The highest BCUT2D eigenvalue weighted by atomic mass is 35.5. The summed E-state index contributed by atoms with van der Waals surface area (Å²) in [7, 11) is 1.60. The molecule has 0 saturated heterocycles. The number of rotatable bonds is 4. The van der Waals surface area contributed by atoms with Crippen molar-refractivity contribution in [3.05, 3.63) is 23.4 Å². The normalized spacial score (nSPS) is 14.9. The van der Waals surface area contributed by atoms with E-state index < -0.39 is 0 Å². The third-order valence-corrected chi connectivity index (χ3v) is 3.75. The summed E-state index contributed by atoms with van der Waals surface area (Å²) in [4.78, 5) is 0. The topological polar surface area (TPSA) is 73.2 Å². The molecule has 1 saturated carbocycles. The van der Waals surface area contributed by atoms with Gasteiger partial charge in [0.05, 0.1) is 19.4 Å². The standard InChI is InChI=1S/C14H16ClN3O2/c1-19-12-6-8(15)5-10(11-7-17-18-14(11)16)13(12)20-9-3-2-4-9/h5-7,9H,2-4H2,1H3,(H3,16,17,18). The van der Waals surface area contributed by atoms with Gasteiger partial charge in [-0.2, -0.15) is 5.10 Å². The number of hydrogen-bond donors (Lipinski definition) is 2. The molecule has 106 valence electrons. The number of benzene rings is 1. The summed E-state index contributed by atoms with van der Waals surface area (Å²) in [5.74, 6) is 1.77. The monoisotopic (exact) mass is 293 g/mol. The lowest BCUT2D eigenvalue weighted by atomic mass is 9.96. The van der Waals surface area contributed by atoms with E-state index in [1.807, 2.05) is 6.07 Å². The molecule has 1 aliphatic rings. The molecule has 1 fully saturated rings. The number of aromatic amines is 1. The van der Waals surface area contributed by atoms with E-state index >= 15 is 0 Å². The molecule has 1 heterocycles.